The van der Waals surface area contributed by atoms with Crippen molar-refractivity contribution < 1.29 is 17.6 Å². The minimum atomic E-state index is -4.73. The van der Waals surface area contributed by atoms with Gasteiger partial charge in [-0.25, -0.2) is 4.39 Å². The van der Waals surface area contributed by atoms with Crippen LogP contribution >= 0.6 is 0 Å². The maximum absolute atomic E-state index is 13.2. The highest BCUT2D eigenvalue weighted by atomic mass is 19.4. The predicted octanol–water partition coefficient (Wildman–Crippen LogP) is 4.20. The molecule has 1 nitrogen and oxygen atoms in total. The second-order valence-electron chi connectivity index (χ2n) is 4.63. The zero-order valence-electron chi connectivity index (χ0n) is 10.7. The van der Waals surface area contributed by atoms with Crippen molar-refractivity contribution in [3.8, 4) is 0 Å². The number of nitrogens with two attached hydrogens (primary N) is 1. The van der Waals surface area contributed by atoms with Gasteiger partial charge in [-0.3, -0.25) is 0 Å². The van der Waals surface area contributed by atoms with E-state index in [-0.39, 0.29) is 5.56 Å². The van der Waals surface area contributed by atoms with Gasteiger partial charge in [0.15, 0.2) is 0 Å². The Bertz CT molecular complexity index is 620. The maximum atomic E-state index is 13.2. The fourth-order valence-electron chi connectivity index (χ4n) is 2.01. The molecule has 0 aliphatic rings. The number of benzene rings is 2. The fraction of sp³-hybridized carbons (Fsp3) is 0.200. The molecule has 2 aromatic carbocycles. The highest BCUT2D eigenvalue weighted by molar-refractivity contribution is 5.36. The third-order valence-electron chi connectivity index (χ3n) is 3.06. The van der Waals surface area contributed by atoms with Gasteiger partial charge < -0.3 is 5.73 Å². The number of hydrogen-bond acceptors (Lipinski definition) is 1. The Kier molecular flexibility index (Phi) is 3.81. The molecule has 2 rings (SSSR count). The van der Waals surface area contributed by atoms with Crippen molar-refractivity contribution in [1.82, 2.24) is 0 Å². The van der Waals surface area contributed by atoms with Crippen LogP contribution in [0, 0.1) is 12.7 Å². The summed E-state index contributed by atoms with van der Waals surface area (Å²) in [5, 5.41) is 0. The molecule has 0 fully saturated rings. The highest BCUT2D eigenvalue weighted by Gasteiger charge is 2.34. The monoisotopic (exact) mass is 283 g/mol. The third kappa shape index (κ3) is 2.99. The first-order valence-corrected chi connectivity index (χ1v) is 5.98. The van der Waals surface area contributed by atoms with Crippen molar-refractivity contribution in [2.45, 2.75) is 19.1 Å². The maximum Gasteiger partial charge on any atom is 0.419 e. The lowest BCUT2D eigenvalue weighted by Gasteiger charge is -2.16. The smallest absolute Gasteiger partial charge is 0.320 e. The average molecular weight is 283 g/mol. The van der Waals surface area contributed by atoms with Gasteiger partial charge in [-0.15, -0.1) is 0 Å². The lowest BCUT2D eigenvalue weighted by molar-refractivity contribution is -0.140. The Balaban J connectivity index is 2.43. The molecule has 1 atom stereocenters. The Morgan fingerprint density at radius 3 is 2.25 bits per heavy atom. The van der Waals surface area contributed by atoms with Gasteiger partial charge in [0.1, 0.15) is 5.82 Å². The topological polar surface area (TPSA) is 26.0 Å². The Morgan fingerprint density at radius 1 is 1.00 bits per heavy atom. The van der Waals surface area contributed by atoms with Gasteiger partial charge in [0, 0.05) is 0 Å². The van der Waals surface area contributed by atoms with E-state index in [0.717, 1.165) is 17.7 Å². The zero-order chi connectivity index (χ0) is 14.9. The first-order chi connectivity index (χ1) is 9.29. The van der Waals surface area contributed by atoms with Gasteiger partial charge in [0.05, 0.1) is 11.6 Å². The van der Waals surface area contributed by atoms with Crippen LogP contribution in [0.2, 0.25) is 0 Å². The summed E-state index contributed by atoms with van der Waals surface area (Å²) >= 11 is 0. The van der Waals surface area contributed by atoms with E-state index in [1.54, 1.807) is 18.2 Å². The molecule has 0 saturated carbocycles. The van der Waals surface area contributed by atoms with Crippen LogP contribution in [0.1, 0.15) is 28.3 Å². The van der Waals surface area contributed by atoms with Crippen LogP contribution in [0.4, 0.5) is 17.6 Å². The van der Waals surface area contributed by atoms with E-state index in [1.165, 1.54) is 6.07 Å². The summed E-state index contributed by atoms with van der Waals surface area (Å²) in [6.07, 6.45) is -4.73. The molecule has 0 heterocycles. The van der Waals surface area contributed by atoms with E-state index in [9.17, 15) is 17.6 Å². The summed E-state index contributed by atoms with van der Waals surface area (Å²) < 4.78 is 51.3. The Hall–Kier alpha value is -1.88. The molecule has 0 aliphatic carbocycles. The summed E-state index contributed by atoms with van der Waals surface area (Å²) in [4.78, 5) is 0. The molecule has 0 bridgehead atoms. The van der Waals surface area contributed by atoms with Gasteiger partial charge in [-0.2, -0.15) is 13.2 Å². The molecule has 106 valence electrons. The number of hydrogen-bond donors (Lipinski definition) is 1. The summed E-state index contributed by atoms with van der Waals surface area (Å²) in [6, 6.07) is 9.28. The second kappa shape index (κ2) is 5.25. The molecule has 2 aromatic rings. The SMILES string of the molecule is Cc1cccc(C(N)c2ccc(F)c(C(F)(F)F)c2)c1. The van der Waals surface area contributed by atoms with E-state index in [1.807, 2.05) is 13.0 Å². The molecule has 1 unspecified atom stereocenters. The van der Waals surface area contributed by atoms with Crippen molar-refractivity contribution >= 4 is 0 Å². The first kappa shape index (κ1) is 14.5. The largest absolute Gasteiger partial charge is 0.419 e. The van der Waals surface area contributed by atoms with E-state index >= 15 is 0 Å². The van der Waals surface area contributed by atoms with E-state index < -0.39 is 23.6 Å². The van der Waals surface area contributed by atoms with Gasteiger partial charge >= 0.3 is 6.18 Å². The van der Waals surface area contributed by atoms with E-state index in [2.05, 4.69) is 0 Å². The van der Waals surface area contributed by atoms with E-state index in [4.69, 9.17) is 5.73 Å². The molecule has 0 amide bonds. The van der Waals surface area contributed by atoms with E-state index in [0.29, 0.717) is 5.56 Å². The molecule has 5 heteroatoms. The predicted molar refractivity (Wildman–Crippen MR) is 68.6 cm³/mol. The number of alkyl halides is 3. The van der Waals surface area contributed by atoms with Crippen molar-refractivity contribution in [1.29, 1.82) is 0 Å². The van der Waals surface area contributed by atoms with Crippen LogP contribution in [0.3, 0.4) is 0 Å². The van der Waals surface area contributed by atoms with Crippen LogP contribution in [-0.4, -0.2) is 0 Å². The van der Waals surface area contributed by atoms with Crippen molar-refractivity contribution in [3.05, 3.63) is 70.5 Å². The summed E-state index contributed by atoms with van der Waals surface area (Å²) in [7, 11) is 0. The summed E-state index contributed by atoms with van der Waals surface area (Å²) in [6.45, 7) is 1.86. The molecule has 2 N–H and O–H groups in total. The van der Waals surface area contributed by atoms with Crippen LogP contribution in [0.5, 0.6) is 0 Å². The zero-order valence-corrected chi connectivity index (χ0v) is 10.7. The normalized spacial score (nSPS) is 13.3. The number of halogens is 4. The molecule has 0 saturated heterocycles. The fourth-order valence-corrected chi connectivity index (χ4v) is 2.01. The molecule has 0 aromatic heterocycles. The Morgan fingerprint density at radius 2 is 1.65 bits per heavy atom. The number of aryl methyl sites for hydroxylation is 1. The third-order valence-corrected chi connectivity index (χ3v) is 3.06. The van der Waals surface area contributed by atoms with Crippen LogP contribution in [0.15, 0.2) is 42.5 Å². The van der Waals surface area contributed by atoms with Crippen LogP contribution in [0.25, 0.3) is 0 Å². The molecular weight excluding hydrogens is 270 g/mol. The van der Waals surface area contributed by atoms with Crippen molar-refractivity contribution in [2.24, 2.45) is 5.73 Å². The van der Waals surface area contributed by atoms with Crippen molar-refractivity contribution in [3.63, 3.8) is 0 Å². The minimum absolute atomic E-state index is 0.226. The van der Waals surface area contributed by atoms with Crippen LogP contribution in [-0.2, 0) is 6.18 Å². The van der Waals surface area contributed by atoms with Gasteiger partial charge in [-0.1, -0.05) is 35.9 Å². The van der Waals surface area contributed by atoms with Gasteiger partial charge in [0.25, 0.3) is 0 Å². The molecule has 0 spiro atoms. The lowest BCUT2D eigenvalue weighted by atomic mass is 9.96. The molecule has 20 heavy (non-hydrogen) atoms. The number of rotatable bonds is 2. The minimum Gasteiger partial charge on any atom is -0.320 e. The Labute approximate surface area is 114 Å². The lowest BCUT2D eigenvalue weighted by Crippen LogP contribution is -2.15. The van der Waals surface area contributed by atoms with Gasteiger partial charge in [-0.05, 0) is 30.2 Å². The summed E-state index contributed by atoms with van der Waals surface area (Å²) in [5.74, 6) is -1.29. The molecule has 0 radical (unpaired) electrons. The second-order valence-corrected chi connectivity index (χ2v) is 4.63. The summed E-state index contributed by atoms with van der Waals surface area (Å²) in [5.41, 5.74) is 6.53. The van der Waals surface area contributed by atoms with Crippen LogP contribution < -0.4 is 5.73 Å². The highest BCUT2D eigenvalue weighted by Crippen LogP contribution is 2.33. The molecular formula is C15H13F4N. The molecule has 0 aliphatic heterocycles. The first-order valence-electron chi connectivity index (χ1n) is 5.98. The average Bonchev–Trinajstić information content (AvgIpc) is 2.37. The standard InChI is InChI=1S/C15H13F4N/c1-9-3-2-4-10(7-9)14(20)11-5-6-13(16)12(8-11)15(17,18)19/h2-8,14H,20H2,1H3. The van der Waals surface area contributed by atoms with Gasteiger partial charge in [0.2, 0.25) is 0 Å². The quantitative estimate of drug-likeness (QED) is 0.821. The van der Waals surface area contributed by atoms with Crippen molar-refractivity contribution in [2.75, 3.05) is 0 Å².